The van der Waals surface area contributed by atoms with Gasteiger partial charge in [0.1, 0.15) is 5.75 Å². The molecule has 1 heterocycles. The Balaban J connectivity index is 0.00000364. The fourth-order valence-electron chi connectivity index (χ4n) is 3.10. The highest BCUT2D eigenvalue weighted by atomic mass is 127. The molecule has 1 aliphatic heterocycles. The zero-order valence-corrected chi connectivity index (χ0v) is 20.2. The highest BCUT2D eigenvalue weighted by Gasteiger charge is 2.41. The summed E-state index contributed by atoms with van der Waals surface area (Å²) in [5.41, 5.74) is 1.03. The van der Waals surface area contributed by atoms with Crippen LogP contribution in [0.25, 0.3) is 0 Å². The van der Waals surface area contributed by atoms with Gasteiger partial charge < -0.3 is 15.0 Å². The van der Waals surface area contributed by atoms with E-state index in [-0.39, 0.29) is 35.1 Å². The predicted molar refractivity (Wildman–Crippen MR) is 122 cm³/mol. The van der Waals surface area contributed by atoms with Crippen LogP contribution in [-0.2, 0) is 15.3 Å². The fourth-order valence-corrected chi connectivity index (χ4v) is 4.47. The number of methoxy groups -OCH3 is 1. The molecule has 27 heavy (non-hydrogen) atoms. The average molecular weight is 509 g/mol. The van der Waals surface area contributed by atoms with Crippen molar-refractivity contribution in [1.29, 1.82) is 0 Å². The number of nitrogens with one attached hydrogen (secondary N) is 1. The van der Waals surface area contributed by atoms with Crippen LogP contribution in [0.4, 0.5) is 0 Å². The second-order valence-electron chi connectivity index (χ2n) is 8.02. The molecule has 1 aromatic carbocycles. The molecule has 0 saturated carbocycles. The highest BCUT2D eigenvalue weighted by molar-refractivity contribution is 14.0. The van der Waals surface area contributed by atoms with Crippen molar-refractivity contribution in [3.8, 4) is 5.75 Å². The van der Waals surface area contributed by atoms with E-state index in [2.05, 4.69) is 30.2 Å². The van der Waals surface area contributed by atoms with Crippen LogP contribution in [-0.4, -0.2) is 63.6 Å². The molecule has 0 unspecified atom stereocenters. The largest absolute Gasteiger partial charge is 0.497 e. The van der Waals surface area contributed by atoms with E-state index >= 15 is 0 Å². The third kappa shape index (κ3) is 5.49. The first-order valence-electron chi connectivity index (χ1n) is 8.85. The number of aliphatic imine (C=N–C) groups is 1. The summed E-state index contributed by atoms with van der Waals surface area (Å²) in [6, 6.07) is 8.05. The van der Waals surface area contributed by atoms with Gasteiger partial charge >= 0.3 is 0 Å². The number of sulfone groups is 1. The van der Waals surface area contributed by atoms with E-state index in [0.717, 1.165) is 11.7 Å². The zero-order valence-electron chi connectivity index (χ0n) is 17.1. The van der Waals surface area contributed by atoms with E-state index in [9.17, 15) is 8.42 Å². The van der Waals surface area contributed by atoms with Gasteiger partial charge in [-0.2, -0.15) is 0 Å². The van der Waals surface area contributed by atoms with E-state index in [1.165, 1.54) is 5.56 Å². The first kappa shape index (κ1) is 24.0. The second-order valence-corrected chi connectivity index (χ2v) is 10.8. The number of rotatable bonds is 4. The van der Waals surface area contributed by atoms with Crippen molar-refractivity contribution in [1.82, 2.24) is 10.2 Å². The maximum atomic E-state index is 12.2. The van der Waals surface area contributed by atoms with Gasteiger partial charge in [0, 0.05) is 32.1 Å². The lowest BCUT2D eigenvalue weighted by molar-refractivity contribution is 0.349. The molecule has 1 aliphatic rings. The molecule has 1 N–H and O–H groups in total. The summed E-state index contributed by atoms with van der Waals surface area (Å²) in [4.78, 5) is 6.40. The van der Waals surface area contributed by atoms with Crippen LogP contribution >= 0.6 is 24.0 Å². The minimum atomic E-state index is -3.07. The number of benzene rings is 1. The van der Waals surface area contributed by atoms with Gasteiger partial charge in [0.15, 0.2) is 15.8 Å². The molecule has 0 spiro atoms. The van der Waals surface area contributed by atoms with Crippen molar-refractivity contribution in [2.45, 2.75) is 37.9 Å². The van der Waals surface area contributed by atoms with Gasteiger partial charge in [-0.3, -0.25) is 4.99 Å². The normalized spacial score (nSPS) is 19.2. The van der Waals surface area contributed by atoms with Crippen molar-refractivity contribution >= 4 is 39.8 Å². The molecule has 2 rings (SSSR count). The Morgan fingerprint density at radius 2 is 2.04 bits per heavy atom. The number of nitrogens with zero attached hydrogens (tertiary/aromatic N) is 2. The second kappa shape index (κ2) is 8.98. The third-order valence-corrected chi connectivity index (χ3v) is 7.63. The Morgan fingerprint density at radius 1 is 1.37 bits per heavy atom. The van der Waals surface area contributed by atoms with Gasteiger partial charge in [-0.25, -0.2) is 8.42 Å². The lowest BCUT2D eigenvalue weighted by Gasteiger charge is -2.40. The molecule has 1 aromatic rings. The Labute approximate surface area is 180 Å². The van der Waals surface area contributed by atoms with Gasteiger partial charge in [-0.05, 0) is 31.5 Å². The van der Waals surface area contributed by atoms with Crippen molar-refractivity contribution in [2.75, 3.05) is 39.5 Å². The summed E-state index contributed by atoms with van der Waals surface area (Å²) in [5, 5.41) is 3.42. The molecule has 1 fully saturated rings. The van der Waals surface area contributed by atoms with Crippen LogP contribution in [0.2, 0.25) is 0 Å². The average Bonchev–Trinajstić information content (AvgIpc) is 2.58. The van der Waals surface area contributed by atoms with Crippen LogP contribution < -0.4 is 10.1 Å². The molecule has 0 radical (unpaired) electrons. The molecular formula is C19H32IN3O3S. The molecule has 0 amide bonds. The zero-order chi connectivity index (χ0) is 19.6. The smallest absolute Gasteiger partial charge is 0.193 e. The van der Waals surface area contributed by atoms with E-state index < -0.39 is 14.6 Å². The molecule has 8 heteroatoms. The van der Waals surface area contributed by atoms with Crippen LogP contribution in [0.1, 0.15) is 33.3 Å². The number of hydrogen-bond acceptors (Lipinski definition) is 4. The Bertz CT molecular complexity index is 776. The highest BCUT2D eigenvalue weighted by Crippen LogP contribution is 2.27. The Morgan fingerprint density at radius 3 is 2.59 bits per heavy atom. The van der Waals surface area contributed by atoms with Crippen molar-refractivity contribution in [2.24, 2.45) is 4.99 Å². The third-order valence-electron chi connectivity index (χ3n) is 5.09. The standard InChI is InChI=1S/C19H31N3O3S.HI/c1-18(2,15-8-7-9-16(12-15)25-6)13-21-17(20-5)22-10-11-26(23,24)19(3,4)14-22;/h7-9,12H,10-11,13-14H2,1-6H3,(H,20,21);1H. The van der Waals surface area contributed by atoms with Crippen molar-refractivity contribution in [3.05, 3.63) is 29.8 Å². The molecule has 0 aliphatic carbocycles. The first-order chi connectivity index (χ1) is 12.0. The van der Waals surface area contributed by atoms with E-state index in [0.29, 0.717) is 19.6 Å². The van der Waals surface area contributed by atoms with Crippen molar-refractivity contribution in [3.63, 3.8) is 0 Å². The first-order valence-corrected chi connectivity index (χ1v) is 10.5. The Kier molecular flexibility index (Phi) is 7.99. The quantitative estimate of drug-likeness (QED) is 0.384. The lowest BCUT2D eigenvalue weighted by atomic mass is 9.84. The number of guanidine groups is 1. The molecule has 0 bridgehead atoms. The molecular weight excluding hydrogens is 477 g/mol. The molecule has 0 aromatic heterocycles. The number of ether oxygens (including phenoxy) is 1. The van der Waals surface area contributed by atoms with Crippen LogP contribution in [0.15, 0.2) is 29.3 Å². The maximum Gasteiger partial charge on any atom is 0.193 e. The lowest BCUT2D eigenvalue weighted by Crippen LogP contribution is -2.58. The minimum absolute atomic E-state index is 0. The van der Waals surface area contributed by atoms with Crippen LogP contribution in [0, 0.1) is 0 Å². The Hall–Kier alpha value is -1.03. The van der Waals surface area contributed by atoms with E-state index in [4.69, 9.17) is 4.74 Å². The number of halogens is 1. The summed E-state index contributed by atoms with van der Waals surface area (Å²) >= 11 is 0. The summed E-state index contributed by atoms with van der Waals surface area (Å²) in [6.45, 7) is 9.46. The predicted octanol–water partition coefficient (Wildman–Crippen LogP) is 2.68. The molecule has 0 atom stereocenters. The fraction of sp³-hybridized carbons (Fsp3) is 0.632. The minimum Gasteiger partial charge on any atom is -0.497 e. The van der Waals surface area contributed by atoms with Crippen molar-refractivity contribution < 1.29 is 13.2 Å². The molecule has 1 saturated heterocycles. The van der Waals surface area contributed by atoms with Crippen LogP contribution in [0.5, 0.6) is 5.75 Å². The van der Waals surface area contributed by atoms with E-state index in [1.54, 1.807) is 28.0 Å². The van der Waals surface area contributed by atoms with Crippen LogP contribution in [0.3, 0.4) is 0 Å². The molecule has 154 valence electrons. The van der Waals surface area contributed by atoms with Gasteiger partial charge in [0.25, 0.3) is 0 Å². The summed E-state index contributed by atoms with van der Waals surface area (Å²) in [7, 11) is 0.330. The summed E-state index contributed by atoms with van der Waals surface area (Å²) < 4.78 is 29.0. The summed E-state index contributed by atoms with van der Waals surface area (Å²) in [6.07, 6.45) is 0. The van der Waals surface area contributed by atoms with Gasteiger partial charge in [0.05, 0.1) is 17.6 Å². The SMILES string of the molecule is CN=C(NCC(C)(C)c1cccc(OC)c1)N1CCS(=O)(=O)C(C)(C)C1.I. The summed E-state index contributed by atoms with van der Waals surface area (Å²) in [5.74, 6) is 1.73. The van der Waals surface area contributed by atoms with Gasteiger partial charge in [0.2, 0.25) is 0 Å². The van der Waals surface area contributed by atoms with Gasteiger partial charge in [-0.15, -0.1) is 24.0 Å². The topological polar surface area (TPSA) is 71.0 Å². The van der Waals surface area contributed by atoms with E-state index in [1.807, 2.05) is 23.1 Å². The maximum absolute atomic E-state index is 12.2. The van der Waals surface area contributed by atoms with Gasteiger partial charge in [-0.1, -0.05) is 26.0 Å². The number of hydrogen-bond donors (Lipinski definition) is 1. The molecule has 6 nitrogen and oxygen atoms in total. The monoisotopic (exact) mass is 509 g/mol.